The van der Waals surface area contributed by atoms with Crippen LogP contribution in [0.3, 0.4) is 0 Å². The first-order chi connectivity index (χ1) is 15.4. The van der Waals surface area contributed by atoms with Crippen LogP contribution in [0.5, 0.6) is 11.5 Å². The number of carbonyl (C=O) groups excluding carboxylic acids is 1. The van der Waals surface area contributed by atoms with E-state index in [1.54, 1.807) is 44.6 Å². The maximum Gasteiger partial charge on any atom is 0.307 e. The number of hydrogen-bond acceptors (Lipinski definition) is 6. The summed E-state index contributed by atoms with van der Waals surface area (Å²) >= 11 is 1.23. The quantitative estimate of drug-likeness (QED) is 0.544. The maximum absolute atomic E-state index is 12.5. The molecule has 3 aromatic rings. The molecule has 0 spiro atoms. The molecule has 4 rings (SSSR count). The van der Waals surface area contributed by atoms with E-state index in [-0.39, 0.29) is 12.3 Å². The van der Waals surface area contributed by atoms with E-state index >= 15 is 0 Å². The summed E-state index contributed by atoms with van der Waals surface area (Å²) in [4.78, 5) is 28.3. The predicted molar refractivity (Wildman–Crippen MR) is 126 cm³/mol. The lowest BCUT2D eigenvalue weighted by molar-refractivity contribution is -0.136. The van der Waals surface area contributed by atoms with Gasteiger partial charge in [0.15, 0.2) is 5.17 Å². The molecule has 1 amide bonds. The van der Waals surface area contributed by atoms with Gasteiger partial charge in [-0.3, -0.25) is 9.59 Å². The molecule has 32 heavy (non-hydrogen) atoms. The number of benzene rings is 3. The largest absolute Gasteiger partial charge is 0.497 e. The van der Waals surface area contributed by atoms with E-state index in [4.69, 9.17) is 14.6 Å². The Hall–Kier alpha value is -3.78. The number of aliphatic imine (C=N–C) groups is 1. The number of fused-ring (bicyclic) bond motifs is 1. The van der Waals surface area contributed by atoms with Gasteiger partial charge in [0.05, 0.1) is 31.2 Å². The Balaban J connectivity index is 1.61. The Morgan fingerprint density at radius 2 is 1.84 bits per heavy atom. The SMILES string of the molecule is COc1ccc2cc(OC)c(C=C3SC(=Nc4ccc(CC(=O)O)cc4)NC3=O)cc2c1. The predicted octanol–water partition coefficient (Wildman–Crippen LogP) is 4.38. The molecule has 1 heterocycles. The monoisotopic (exact) mass is 448 g/mol. The Bertz CT molecular complexity index is 1270. The maximum atomic E-state index is 12.5. The smallest absolute Gasteiger partial charge is 0.307 e. The molecule has 1 aliphatic rings. The number of carboxylic acids is 1. The number of hydrogen-bond donors (Lipinski definition) is 2. The molecule has 8 heteroatoms. The van der Waals surface area contributed by atoms with Crippen LogP contribution in [-0.4, -0.2) is 36.4 Å². The number of nitrogens with one attached hydrogen (secondary N) is 1. The van der Waals surface area contributed by atoms with Crippen molar-refractivity contribution in [2.24, 2.45) is 4.99 Å². The molecular weight excluding hydrogens is 428 g/mol. The molecule has 0 saturated carbocycles. The van der Waals surface area contributed by atoms with E-state index in [9.17, 15) is 9.59 Å². The molecule has 1 fully saturated rings. The van der Waals surface area contributed by atoms with Gasteiger partial charge in [-0.15, -0.1) is 0 Å². The van der Waals surface area contributed by atoms with Gasteiger partial charge in [-0.25, -0.2) is 4.99 Å². The number of amidine groups is 1. The summed E-state index contributed by atoms with van der Waals surface area (Å²) in [6, 6.07) is 16.5. The Labute approximate surface area is 188 Å². The number of amides is 1. The van der Waals surface area contributed by atoms with E-state index in [0.717, 1.165) is 22.1 Å². The van der Waals surface area contributed by atoms with Crippen LogP contribution in [0.2, 0.25) is 0 Å². The fourth-order valence-corrected chi connectivity index (χ4v) is 4.12. The third kappa shape index (κ3) is 4.76. The van der Waals surface area contributed by atoms with Crippen LogP contribution >= 0.6 is 11.8 Å². The summed E-state index contributed by atoms with van der Waals surface area (Å²) in [5.74, 6) is 0.269. The van der Waals surface area contributed by atoms with E-state index in [0.29, 0.717) is 27.1 Å². The third-order valence-corrected chi connectivity index (χ3v) is 5.77. The van der Waals surface area contributed by atoms with Crippen LogP contribution < -0.4 is 14.8 Å². The first-order valence-corrected chi connectivity index (χ1v) is 10.5. The number of nitrogens with zero attached hydrogens (tertiary/aromatic N) is 1. The van der Waals surface area contributed by atoms with Crippen molar-refractivity contribution in [3.63, 3.8) is 0 Å². The van der Waals surface area contributed by atoms with Crippen LogP contribution in [-0.2, 0) is 16.0 Å². The second-order valence-electron chi connectivity index (χ2n) is 7.03. The average molecular weight is 449 g/mol. The summed E-state index contributed by atoms with van der Waals surface area (Å²) in [5, 5.41) is 14.1. The second kappa shape index (κ2) is 9.15. The molecule has 0 aromatic heterocycles. The average Bonchev–Trinajstić information content (AvgIpc) is 3.12. The lowest BCUT2D eigenvalue weighted by Gasteiger charge is -2.09. The highest BCUT2D eigenvalue weighted by molar-refractivity contribution is 8.18. The fourth-order valence-electron chi connectivity index (χ4n) is 3.29. The van der Waals surface area contributed by atoms with Crippen LogP contribution in [0.25, 0.3) is 16.8 Å². The van der Waals surface area contributed by atoms with E-state index in [2.05, 4.69) is 10.3 Å². The van der Waals surface area contributed by atoms with E-state index < -0.39 is 5.97 Å². The number of aliphatic carboxylic acids is 1. The van der Waals surface area contributed by atoms with Crippen molar-refractivity contribution in [2.45, 2.75) is 6.42 Å². The summed E-state index contributed by atoms with van der Waals surface area (Å²) in [6.07, 6.45) is 1.73. The van der Waals surface area contributed by atoms with Crippen molar-refractivity contribution < 1.29 is 24.2 Å². The van der Waals surface area contributed by atoms with Crippen LogP contribution in [0, 0.1) is 0 Å². The zero-order valence-electron chi connectivity index (χ0n) is 17.4. The first kappa shape index (κ1) is 21.5. The normalized spacial score (nSPS) is 15.9. The minimum absolute atomic E-state index is 0.0469. The van der Waals surface area contributed by atoms with Gasteiger partial charge in [-0.1, -0.05) is 18.2 Å². The summed E-state index contributed by atoms with van der Waals surface area (Å²) in [7, 11) is 3.21. The molecule has 0 atom stereocenters. The van der Waals surface area contributed by atoms with Crippen LogP contribution in [0.15, 0.2) is 64.5 Å². The van der Waals surface area contributed by atoms with Gasteiger partial charge in [0, 0.05) is 5.56 Å². The van der Waals surface area contributed by atoms with Crippen molar-refractivity contribution in [1.82, 2.24) is 5.32 Å². The molecule has 2 N–H and O–H groups in total. The van der Waals surface area contributed by atoms with Crippen molar-refractivity contribution in [1.29, 1.82) is 0 Å². The molecule has 0 unspecified atom stereocenters. The molecule has 1 aliphatic heterocycles. The number of carboxylic acid groups (broad SMARTS) is 1. The third-order valence-electron chi connectivity index (χ3n) is 4.86. The Morgan fingerprint density at radius 1 is 1.06 bits per heavy atom. The molecular formula is C24H20N2O5S. The molecule has 1 saturated heterocycles. The van der Waals surface area contributed by atoms with Crippen LogP contribution in [0.1, 0.15) is 11.1 Å². The van der Waals surface area contributed by atoms with Gasteiger partial charge in [0.2, 0.25) is 0 Å². The molecule has 7 nitrogen and oxygen atoms in total. The van der Waals surface area contributed by atoms with Gasteiger partial charge in [0.25, 0.3) is 5.91 Å². The van der Waals surface area contributed by atoms with Gasteiger partial charge < -0.3 is 19.9 Å². The van der Waals surface area contributed by atoms with Gasteiger partial charge in [0.1, 0.15) is 11.5 Å². The summed E-state index contributed by atoms with van der Waals surface area (Å²) < 4.78 is 10.8. The number of ether oxygens (including phenoxy) is 2. The highest BCUT2D eigenvalue weighted by atomic mass is 32.2. The number of thioether (sulfide) groups is 1. The number of methoxy groups -OCH3 is 2. The number of rotatable bonds is 6. The van der Waals surface area contributed by atoms with Crippen LogP contribution in [0.4, 0.5) is 5.69 Å². The van der Waals surface area contributed by atoms with Gasteiger partial charge in [-0.05, 0) is 70.6 Å². The number of carbonyl (C=O) groups is 2. The van der Waals surface area contributed by atoms with Gasteiger partial charge in [-0.2, -0.15) is 0 Å². The topological polar surface area (TPSA) is 97.2 Å². The Morgan fingerprint density at radius 3 is 2.53 bits per heavy atom. The minimum Gasteiger partial charge on any atom is -0.497 e. The molecule has 3 aromatic carbocycles. The van der Waals surface area contributed by atoms with Crippen molar-refractivity contribution in [3.8, 4) is 11.5 Å². The standard InChI is InChI=1S/C24H20N2O5S/c1-30-19-8-5-15-12-20(31-2)17(10-16(15)11-19)13-21-23(29)26-24(32-21)25-18-6-3-14(4-7-18)9-22(27)28/h3-8,10-13H,9H2,1-2H3,(H,27,28)(H,25,26,29). The lowest BCUT2D eigenvalue weighted by atomic mass is 10.0. The highest BCUT2D eigenvalue weighted by Gasteiger charge is 2.24. The molecule has 0 aliphatic carbocycles. The zero-order valence-corrected chi connectivity index (χ0v) is 18.2. The van der Waals surface area contributed by atoms with E-state index in [1.165, 1.54) is 11.8 Å². The second-order valence-corrected chi connectivity index (χ2v) is 8.06. The minimum atomic E-state index is -0.889. The van der Waals surface area contributed by atoms with E-state index in [1.807, 2.05) is 30.3 Å². The molecule has 0 bridgehead atoms. The molecule has 0 radical (unpaired) electrons. The molecule has 162 valence electrons. The summed E-state index contributed by atoms with van der Waals surface area (Å²) in [6.45, 7) is 0. The summed E-state index contributed by atoms with van der Waals surface area (Å²) in [5.41, 5.74) is 2.08. The Kier molecular flexibility index (Phi) is 6.13. The fraction of sp³-hybridized carbons (Fsp3) is 0.125. The van der Waals surface area contributed by atoms with Crippen molar-refractivity contribution in [2.75, 3.05) is 14.2 Å². The van der Waals surface area contributed by atoms with Gasteiger partial charge >= 0.3 is 5.97 Å². The highest BCUT2D eigenvalue weighted by Crippen LogP contribution is 2.34. The van der Waals surface area contributed by atoms with Crippen molar-refractivity contribution in [3.05, 3.63) is 70.6 Å². The zero-order chi connectivity index (χ0) is 22.7. The lowest BCUT2D eigenvalue weighted by Crippen LogP contribution is -2.19. The van der Waals surface area contributed by atoms with Crippen molar-refractivity contribution >= 4 is 51.3 Å². The first-order valence-electron chi connectivity index (χ1n) is 9.71.